The maximum atomic E-state index is 14.2. The first-order valence-corrected chi connectivity index (χ1v) is 10.3. The van der Waals surface area contributed by atoms with Crippen LogP contribution in [0.4, 0.5) is 4.39 Å². The van der Waals surface area contributed by atoms with Gasteiger partial charge in [0.1, 0.15) is 11.9 Å². The first-order valence-electron chi connectivity index (χ1n) is 9.50. The molecule has 4 nitrogen and oxygen atoms in total. The van der Waals surface area contributed by atoms with E-state index in [2.05, 4.69) is 5.32 Å². The van der Waals surface area contributed by atoms with E-state index in [0.717, 1.165) is 12.0 Å². The second kappa shape index (κ2) is 10.6. The summed E-state index contributed by atoms with van der Waals surface area (Å²) in [5.41, 5.74) is 0.887. The van der Waals surface area contributed by atoms with E-state index in [4.69, 9.17) is 23.2 Å². The molecule has 0 radical (unpaired) electrons. The van der Waals surface area contributed by atoms with Crippen LogP contribution < -0.4 is 5.32 Å². The average molecular weight is 439 g/mol. The van der Waals surface area contributed by atoms with Crippen LogP contribution in [0.3, 0.4) is 0 Å². The van der Waals surface area contributed by atoms with E-state index in [-0.39, 0.29) is 35.5 Å². The smallest absolute Gasteiger partial charge is 0.242 e. The summed E-state index contributed by atoms with van der Waals surface area (Å²) in [6, 6.07) is 10.6. The molecule has 2 rings (SSSR count). The summed E-state index contributed by atoms with van der Waals surface area (Å²) in [6.07, 6.45) is 0.526. The van der Waals surface area contributed by atoms with Gasteiger partial charge in [-0.25, -0.2) is 4.39 Å². The third-order valence-electron chi connectivity index (χ3n) is 4.80. The minimum absolute atomic E-state index is 0.0194. The Hall–Kier alpha value is -2.11. The van der Waals surface area contributed by atoms with Crippen molar-refractivity contribution in [2.45, 2.75) is 52.2 Å². The largest absolute Gasteiger partial charge is 0.352 e. The van der Waals surface area contributed by atoms with Gasteiger partial charge in [0.25, 0.3) is 0 Å². The Morgan fingerprint density at radius 1 is 1.14 bits per heavy atom. The fourth-order valence-electron chi connectivity index (χ4n) is 2.83. The zero-order valence-corrected chi connectivity index (χ0v) is 18.2. The van der Waals surface area contributed by atoms with Gasteiger partial charge in [-0.15, -0.1) is 0 Å². The Kier molecular flexibility index (Phi) is 8.47. The highest BCUT2D eigenvalue weighted by Gasteiger charge is 2.28. The number of hydrogen-bond acceptors (Lipinski definition) is 2. The van der Waals surface area contributed by atoms with Crippen molar-refractivity contribution in [3.63, 3.8) is 0 Å². The summed E-state index contributed by atoms with van der Waals surface area (Å²) in [5, 5.41) is 3.60. The molecule has 1 N–H and O–H groups in total. The van der Waals surface area contributed by atoms with Crippen molar-refractivity contribution in [3.05, 3.63) is 69.5 Å². The van der Waals surface area contributed by atoms with Crippen LogP contribution in [0.1, 0.15) is 38.3 Å². The highest BCUT2D eigenvalue weighted by atomic mass is 35.5. The molecule has 0 unspecified atom stereocenters. The molecule has 0 aliphatic heterocycles. The number of nitrogens with zero attached hydrogens (tertiary/aromatic N) is 1. The first-order chi connectivity index (χ1) is 13.7. The van der Waals surface area contributed by atoms with Crippen molar-refractivity contribution in [2.24, 2.45) is 0 Å². The van der Waals surface area contributed by atoms with Gasteiger partial charge in [-0.3, -0.25) is 9.59 Å². The molecule has 0 spiro atoms. The lowest BCUT2D eigenvalue weighted by Crippen LogP contribution is -2.50. The predicted octanol–water partition coefficient (Wildman–Crippen LogP) is 5.01. The molecule has 2 aromatic carbocycles. The summed E-state index contributed by atoms with van der Waals surface area (Å²) in [4.78, 5) is 27.2. The third kappa shape index (κ3) is 6.44. The molecule has 0 saturated heterocycles. The second-order valence-electron chi connectivity index (χ2n) is 7.02. The molecular formula is C22H25Cl2FN2O2. The monoisotopic (exact) mass is 438 g/mol. The fourth-order valence-corrected chi connectivity index (χ4v) is 3.28. The SMILES string of the molecule is CC[C@H](C)NC(=O)[C@@H](C)N(Cc1cccc(Cl)c1)C(=O)Cc1c(F)cccc1Cl. The summed E-state index contributed by atoms with van der Waals surface area (Å²) in [6.45, 7) is 5.68. The van der Waals surface area contributed by atoms with Gasteiger partial charge in [-0.05, 0) is 50.1 Å². The van der Waals surface area contributed by atoms with Gasteiger partial charge in [0.15, 0.2) is 0 Å². The Balaban J connectivity index is 2.29. The van der Waals surface area contributed by atoms with Gasteiger partial charge in [-0.2, -0.15) is 0 Å². The molecule has 0 saturated carbocycles. The molecule has 0 bridgehead atoms. The molecule has 0 aromatic heterocycles. The zero-order chi connectivity index (χ0) is 21.6. The van der Waals surface area contributed by atoms with Crippen molar-refractivity contribution >= 4 is 35.0 Å². The molecule has 156 valence electrons. The van der Waals surface area contributed by atoms with Crippen LogP contribution in [0.2, 0.25) is 10.0 Å². The summed E-state index contributed by atoms with van der Waals surface area (Å²) in [5.74, 6) is -1.22. The summed E-state index contributed by atoms with van der Waals surface area (Å²) in [7, 11) is 0. The number of benzene rings is 2. The lowest BCUT2D eigenvalue weighted by atomic mass is 10.1. The van der Waals surface area contributed by atoms with E-state index in [9.17, 15) is 14.0 Å². The van der Waals surface area contributed by atoms with Crippen LogP contribution >= 0.6 is 23.2 Å². The number of rotatable bonds is 8. The maximum Gasteiger partial charge on any atom is 0.242 e. The predicted molar refractivity (Wildman–Crippen MR) is 114 cm³/mol. The fraction of sp³-hybridized carbons (Fsp3) is 0.364. The van der Waals surface area contributed by atoms with E-state index in [0.29, 0.717) is 5.02 Å². The van der Waals surface area contributed by atoms with Gasteiger partial charge in [0.2, 0.25) is 11.8 Å². The quantitative estimate of drug-likeness (QED) is 0.629. The van der Waals surface area contributed by atoms with Crippen LogP contribution in [-0.2, 0) is 22.6 Å². The normalized spacial score (nSPS) is 12.9. The number of amides is 2. The van der Waals surface area contributed by atoms with Gasteiger partial charge in [0.05, 0.1) is 6.42 Å². The molecule has 0 aliphatic carbocycles. The Bertz CT molecular complexity index is 855. The maximum absolute atomic E-state index is 14.2. The lowest BCUT2D eigenvalue weighted by Gasteiger charge is -2.30. The third-order valence-corrected chi connectivity index (χ3v) is 5.39. The topological polar surface area (TPSA) is 49.4 Å². The van der Waals surface area contributed by atoms with Gasteiger partial charge >= 0.3 is 0 Å². The van der Waals surface area contributed by atoms with E-state index in [1.54, 1.807) is 25.1 Å². The standard InChI is InChI=1S/C22H25Cl2FN2O2/c1-4-14(2)26-22(29)15(3)27(13-16-7-5-8-17(23)11-16)21(28)12-18-19(24)9-6-10-20(18)25/h5-11,14-15H,4,12-13H2,1-3H3,(H,26,29)/t14-,15+/m0/s1. The molecular weight excluding hydrogens is 414 g/mol. The molecule has 0 aliphatic rings. The van der Waals surface area contributed by atoms with E-state index in [1.807, 2.05) is 19.9 Å². The Labute approximate surface area is 181 Å². The lowest BCUT2D eigenvalue weighted by molar-refractivity contribution is -0.140. The van der Waals surface area contributed by atoms with Gasteiger partial charge in [0, 0.05) is 28.2 Å². The number of carbonyl (C=O) groups is 2. The molecule has 7 heteroatoms. The number of nitrogens with one attached hydrogen (secondary N) is 1. The second-order valence-corrected chi connectivity index (χ2v) is 7.87. The Morgan fingerprint density at radius 3 is 2.45 bits per heavy atom. The molecule has 0 fully saturated rings. The molecule has 2 atom stereocenters. The molecule has 29 heavy (non-hydrogen) atoms. The van der Waals surface area contributed by atoms with Crippen molar-refractivity contribution in [1.82, 2.24) is 10.2 Å². The highest BCUT2D eigenvalue weighted by molar-refractivity contribution is 6.31. The van der Waals surface area contributed by atoms with E-state index in [1.165, 1.54) is 23.1 Å². The Morgan fingerprint density at radius 2 is 1.83 bits per heavy atom. The van der Waals surface area contributed by atoms with Crippen LogP contribution in [0.25, 0.3) is 0 Å². The zero-order valence-electron chi connectivity index (χ0n) is 16.7. The summed E-state index contributed by atoms with van der Waals surface area (Å²) < 4.78 is 14.2. The van der Waals surface area contributed by atoms with Crippen LogP contribution in [0.5, 0.6) is 0 Å². The van der Waals surface area contributed by atoms with Crippen molar-refractivity contribution in [3.8, 4) is 0 Å². The summed E-state index contributed by atoms with van der Waals surface area (Å²) >= 11 is 12.1. The number of carbonyl (C=O) groups excluding carboxylic acids is 2. The number of halogens is 3. The average Bonchev–Trinajstić information content (AvgIpc) is 2.68. The minimum atomic E-state index is -0.749. The molecule has 0 heterocycles. The van der Waals surface area contributed by atoms with Gasteiger partial charge in [-0.1, -0.05) is 48.3 Å². The minimum Gasteiger partial charge on any atom is -0.352 e. The molecule has 2 amide bonds. The van der Waals surface area contributed by atoms with Crippen LogP contribution in [0, 0.1) is 5.82 Å². The van der Waals surface area contributed by atoms with E-state index < -0.39 is 17.8 Å². The number of hydrogen-bond donors (Lipinski definition) is 1. The van der Waals surface area contributed by atoms with Crippen LogP contribution in [-0.4, -0.2) is 28.8 Å². The molecule has 2 aromatic rings. The first kappa shape index (κ1) is 23.2. The van der Waals surface area contributed by atoms with Crippen molar-refractivity contribution in [1.29, 1.82) is 0 Å². The van der Waals surface area contributed by atoms with Crippen molar-refractivity contribution < 1.29 is 14.0 Å². The van der Waals surface area contributed by atoms with Gasteiger partial charge < -0.3 is 10.2 Å². The van der Waals surface area contributed by atoms with Crippen LogP contribution in [0.15, 0.2) is 42.5 Å². The van der Waals surface area contributed by atoms with E-state index >= 15 is 0 Å². The van der Waals surface area contributed by atoms with Crippen molar-refractivity contribution in [2.75, 3.05) is 0 Å². The highest BCUT2D eigenvalue weighted by Crippen LogP contribution is 2.22.